The van der Waals surface area contributed by atoms with E-state index in [9.17, 15) is 0 Å². The van der Waals surface area contributed by atoms with E-state index in [1.807, 2.05) is 18.2 Å². The largest absolute Gasteiger partial charge is 0.355 e. The molecule has 4 nitrogen and oxygen atoms in total. The lowest BCUT2D eigenvalue weighted by molar-refractivity contribution is -0.401. The molecular weight excluding hydrogens is 326 g/mol. The lowest BCUT2D eigenvalue weighted by Crippen LogP contribution is -2.65. The van der Waals surface area contributed by atoms with E-state index in [1.165, 1.54) is 5.56 Å². The zero-order valence-corrected chi connectivity index (χ0v) is 15.3. The molecule has 5 heteroatoms. The molecule has 3 aliphatic heterocycles. The first-order valence-corrected chi connectivity index (χ1v) is 9.25. The number of benzene rings is 1. The van der Waals surface area contributed by atoms with Crippen molar-refractivity contribution < 1.29 is 14.2 Å². The number of ether oxygens (including phenoxy) is 3. The lowest BCUT2D eigenvalue weighted by atomic mass is 9.74. The molecule has 4 fully saturated rings. The molecule has 1 N–H and O–H groups in total. The molecule has 3 saturated heterocycles. The molecule has 7 atom stereocenters. The Hall–Kier alpha value is -0.650. The monoisotopic (exact) mass is 351 g/mol. The second kappa shape index (κ2) is 6.26. The summed E-state index contributed by atoms with van der Waals surface area (Å²) in [6, 6.07) is 8.37. The van der Waals surface area contributed by atoms with Crippen molar-refractivity contribution in [3.8, 4) is 0 Å². The number of halogens is 1. The SMILES string of the molecule is CO[C@H]1O[C@H]2O[C@@]3(C)C1[C@@H](C[C@@H]3NCCc1ccccc1Cl)[C@@H]2C. The van der Waals surface area contributed by atoms with Gasteiger partial charge in [0.15, 0.2) is 12.6 Å². The zero-order chi connectivity index (χ0) is 16.9. The maximum Gasteiger partial charge on any atom is 0.166 e. The Kier molecular flexibility index (Phi) is 4.38. The van der Waals surface area contributed by atoms with Gasteiger partial charge < -0.3 is 19.5 Å². The Balaban J connectivity index is 1.45. The minimum absolute atomic E-state index is 0.148. The number of methoxy groups -OCH3 is 1. The maximum atomic E-state index is 6.36. The Bertz CT molecular complexity index is 612. The number of nitrogens with one attached hydrogen (secondary N) is 1. The van der Waals surface area contributed by atoms with Crippen molar-refractivity contribution in [3.05, 3.63) is 34.9 Å². The quantitative estimate of drug-likeness (QED) is 0.884. The number of fused-ring (bicyclic) bond motifs is 1. The molecule has 0 aromatic heterocycles. The second-order valence-electron chi connectivity index (χ2n) is 7.54. The number of rotatable bonds is 5. The van der Waals surface area contributed by atoms with Gasteiger partial charge in [-0.1, -0.05) is 36.7 Å². The fourth-order valence-corrected chi connectivity index (χ4v) is 5.21. The molecular formula is C19H26ClNO3. The molecule has 4 aliphatic rings. The van der Waals surface area contributed by atoms with Crippen LogP contribution in [0.4, 0.5) is 0 Å². The van der Waals surface area contributed by atoms with Gasteiger partial charge in [-0.25, -0.2) is 0 Å². The smallest absolute Gasteiger partial charge is 0.166 e. The Morgan fingerprint density at radius 1 is 1.38 bits per heavy atom. The summed E-state index contributed by atoms with van der Waals surface area (Å²) in [6.45, 7) is 5.35. The van der Waals surface area contributed by atoms with Crippen LogP contribution in [0.5, 0.6) is 0 Å². The summed E-state index contributed by atoms with van der Waals surface area (Å²) in [7, 11) is 1.73. The van der Waals surface area contributed by atoms with Crippen molar-refractivity contribution >= 4 is 11.6 Å². The average molecular weight is 352 g/mol. The van der Waals surface area contributed by atoms with Crippen LogP contribution < -0.4 is 5.32 Å². The van der Waals surface area contributed by atoms with Gasteiger partial charge in [-0.2, -0.15) is 0 Å². The van der Waals surface area contributed by atoms with E-state index in [-0.39, 0.29) is 18.2 Å². The summed E-state index contributed by atoms with van der Waals surface area (Å²) in [5, 5.41) is 4.56. The van der Waals surface area contributed by atoms with E-state index in [1.54, 1.807) is 7.11 Å². The van der Waals surface area contributed by atoms with Gasteiger partial charge in [0, 0.05) is 30.0 Å². The molecule has 0 radical (unpaired) electrons. The first-order chi connectivity index (χ1) is 11.5. The van der Waals surface area contributed by atoms with Gasteiger partial charge in [-0.05, 0) is 43.9 Å². The van der Waals surface area contributed by atoms with Gasteiger partial charge in [-0.3, -0.25) is 0 Å². The molecule has 4 bridgehead atoms. The fourth-order valence-electron chi connectivity index (χ4n) is 4.98. The van der Waals surface area contributed by atoms with Crippen molar-refractivity contribution in [2.24, 2.45) is 17.8 Å². The molecule has 1 aromatic carbocycles. The van der Waals surface area contributed by atoms with Crippen LogP contribution in [0.1, 0.15) is 25.8 Å². The van der Waals surface area contributed by atoms with Crippen LogP contribution >= 0.6 is 11.6 Å². The summed E-state index contributed by atoms with van der Waals surface area (Å²) in [6.07, 6.45) is 1.74. The van der Waals surface area contributed by atoms with Crippen LogP contribution in [0.3, 0.4) is 0 Å². The Morgan fingerprint density at radius 3 is 2.92 bits per heavy atom. The normalized spacial score (nSPS) is 43.3. The van der Waals surface area contributed by atoms with Crippen molar-refractivity contribution in [1.29, 1.82) is 0 Å². The van der Waals surface area contributed by atoms with Gasteiger partial charge in [0.25, 0.3) is 0 Å². The standard InChI is InChI=1S/C19H26ClNO3/c1-11-13-10-15(21-9-8-12-6-4-5-7-14(12)20)19(2)16(13)18(22-3)23-17(11)24-19/h4-7,11,13,15-18,21H,8-10H2,1-3H3/t11-,13-,15-,16?,17-,18-,19+/m0/s1. The minimum atomic E-state index is -0.221. The van der Waals surface area contributed by atoms with Crippen molar-refractivity contribution in [1.82, 2.24) is 5.32 Å². The summed E-state index contributed by atoms with van der Waals surface area (Å²) >= 11 is 6.26. The van der Waals surface area contributed by atoms with Gasteiger partial charge >= 0.3 is 0 Å². The third-order valence-electron chi connectivity index (χ3n) is 6.33. The molecule has 132 valence electrons. The molecule has 1 aliphatic carbocycles. The van der Waals surface area contributed by atoms with Crippen LogP contribution in [-0.4, -0.2) is 37.9 Å². The van der Waals surface area contributed by atoms with E-state index in [0.717, 1.165) is 24.4 Å². The summed E-state index contributed by atoms with van der Waals surface area (Å²) in [5.74, 6) is 1.30. The highest BCUT2D eigenvalue weighted by atomic mass is 35.5. The first-order valence-electron chi connectivity index (χ1n) is 8.87. The highest BCUT2D eigenvalue weighted by Gasteiger charge is 2.66. The van der Waals surface area contributed by atoms with Crippen LogP contribution in [0.2, 0.25) is 5.02 Å². The minimum Gasteiger partial charge on any atom is -0.355 e. The van der Waals surface area contributed by atoms with Crippen LogP contribution in [0.25, 0.3) is 0 Å². The number of hydrogen-bond donors (Lipinski definition) is 1. The predicted octanol–water partition coefficient (Wildman–Crippen LogP) is 3.23. The number of hydrogen-bond acceptors (Lipinski definition) is 4. The summed E-state index contributed by atoms with van der Waals surface area (Å²) < 4.78 is 17.9. The van der Waals surface area contributed by atoms with E-state index in [2.05, 4.69) is 25.2 Å². The summed E-state index contributed by atoms with van der Waals surface area (Å²) in [5.41, 5.74) is 0.966. The highest BCUT2D eigenvalue weighted by Crippen LogP contribution is 2.58. The van der Waals surface area contributed by atoms with Gasteiger partial charge in [0.2, 0.25) is 0 Å². The van der Waals surface area contributed by atoms with Crippen molar-refractivity contribution in [2.45, 2.75) is 50.9 Å². The van der Waals surface area contributed by atoms with E-state index >= 15 is 0 Å². The fraction of sp³-hybridized carbons (Fsp3) is 0.684. The van der Waals surface area contributed by atoms with E-state index in [4.69, 9.17) is 25.8 Å². The van der Waals surface area contributed by atoms with Crippen LogP contribution in [0.15, 0.2) is 24.3 Å². The van der Waals surface area contributed by atoms with E-state index in [0.29, 0.717) is 23.8 Å². The molecule has 24 heavy (non-hydrogen) atoms. The molecule has 0 amide bonds. The third-order valence-corrected chi connectivity index (χ3v) is 6.70. The first kappa shape index (κ1) is 16.8. The van der Waals surface area contributed by atoms with Crippen LogP contribution in [0, 0.1) is 17.8 Å². The molecule has 3 heterocycles. The van der Waals surface area contributed by atoms with Gasteiger partial charge in [0.05, 0.1) is 5.60 Å². The van der Waals surface area contributed by atoms with Crippen molar-refractivity contribution in [2.75, 3.05) is 13.7 Å². The topological polar surface area (TPSA) is 39.7 Å². The molecule has 1 unspecified atom stereocenters. The third kappa shape index (κ3) is 2.51. The van der Waals surface area contributed by atoms with Gasteiger partial charge in [-0.15, -0.1) is 0 Å². The Morgan fingerprint density at radius 2 is 2.17 bits per heavy atom. The molecule has 0 spiro atoms. The highest BCUT2D eigenvalue weighted by molar-refractivity contribution is 6.31. The molecule has 1 saturated carbocycles. The average Bonchev–Trinajstić information content (AvgIpc) is 2.83. The maximum absolute atomic E-state index is 6.36. The molecule has 1 aromatic rings. The summed E-state index contributed by atoms with van der Waals surface area (Å²) in [4.78, 5) is 0. The zero-order valence-electron chi connectivity index (χ0n) is 14.5. The van der Waals surface area contributed by atoms with Crippen molar-refractivity contribution in [3.63, 3.8) is 0 Å². The van der Waals surface area contributed by atoms with E-state index < -0.39 is 0 Å². The predicted molar refractivity (Wildman–Crippen MR) is 92.9 cm³/mol. The van der Waals surface area contributed by atoms with Gasteiger partial charge in [0.1, 0.15) is 0 Å². The Labute approximate surface area is 148 Å². The van der Waals surface area contributed by atoms with Crippen LogP contribution in [-0.2, 0) is 20.6 Å². The molecule has 5 rings (SSSR count). The second-order valence-corrected chi connectivity index (χ2v) is 7.95. The lowest BCUT2D eigenvalue weighted by Gasteiger charge is -2.55.